The Morgan fingerprint density at radius 3 is 2.41 bits per heavy atom. The predicted molar refractivity (Wildman–Crippen MR) is 66.3 cm³/mol. The van der Waals surface area contributed by atoms with Gasteiger partial charge < -0.3 is 15.2 Å². The zero-order valence-electron chi connectivity index (χ0n) is 10.4. The quantitative estimate of drug-likeness (QED) is 0.793. The molecule has 0 aromatic carbocycles. The van der Waals surface area contributed by atoms with Gasteiger partial charge in [-0.1, -0.05) is 0 Å². The van der Waals surface area contributed by atoms with Crippen LogP contribution in [0.2, 0.25) is 0 Å². The summed E-state index contributed by atoms with van der Waals surface area (Å²) in [6, 6.07) is 0.00505. The molecule has 0 spiro atoms. The van der Waals surface area contributed by atoms with Crippen molar-refractivity contribution >= 4 is 23.8 Å². The van der Waals surface area contributed by atoms with E-state index < -0.39 is 17.7 Å². The topological polar surface area (TPSA) is 75.6 Å². The lowest BCUT2D eigenvalue weighted by molar-refractivity contribution is -0.136. The lowest BCUT2D eigenvalue weighted by atomic mass is 10.1. The van der Waals surface area contributed by atoms with Gasteiger partial charge in [-0.2, -0.15) is 0 Å². The van der Waals surface area contributed by atoms with Crippen LogP contribution in [0.5, 0.6) is 0 Å². The van der Waals surface area contributed by atoms with E-state index in [1.165, 1.54) is 11.8 Å². The van der Waals surface area contributed by atoms with Crippen LogP contribution in [-0.2, 0) is 9.53 Å². The molecule has 0 radical (unpaired) electrons. The maximum absolute atomic E-state index is 11.5. The third-order valence-corrected chi connectivity index (χ3v) is 3.71. The van der Waals surface area contributed by atoms with Gasteiger partial charge in [0.05, 0.1) is 0 Å². The molecule has 5 nitrogen and oxygen atoms in total. The summed E-state index contributed by atoms with van der Waals surface area (Å²) in [4.78, 5) is 22.2. The number of amides is 1. The van der Waals surface area contributed by atoms with E-state index in [9.17, 15) is 9.59 Å². The molecule has 17 heavy (non-hydrogen) atoms. The minimum Gasteiger partial charge on any atom is -0.480 e. The summed E-state index contributed by atoms with van der Waals surface area (Å²) in [7, 11) is 0. The van der Waals surface area contributed by atoms with Gasteiger partial charge in [0.15, 0.2) is 0 Å². The molecule has 2 atom stereocenters. The van der Waals surface area contributed by atoms with Crippen LogP contribution in [0.3, 0.4) is 0 Å². The molecule has 1 heterocycles. The molecular weight excluding hydrogens is 242 g/mol. The van der Waals surface area contributed by atoms with Crippen molar-refractivity contribution in [2.24, 2.45) is 0 Å². The van der Waals surface area contributed by atoms with Crippen molar-refractivity contribution in [3.8, 4) is 0 Å². The molecule has 0 aromatic rings. The fraction of sp³-hybridized carbons (Fsp3) is 0.818. The van der Waals surface area contributed by atoms with E-state index >= 15 is 0 Å². The SMILES string of the molecule is CC(C)(C)OC(=O)N[C@H]1CC[C@H](C(=O)O)SC1. The van der Waals surface area contributed by atoms with Crippen LogP contribution in [0.25, 0.3) is 0 Å². The number of hydrogen-bond donors (Lipinski definition) is 2. The number of rotatable bonds is 2. The number of nitrogens with one attached hydrogen (secondary N) is 1. The first kappa shape index (κ1) is 14.2. The zero-order chi connectivity index (χ0) is 13.1. The van der Waals surface area contributed by atoms with Crippen molar-refractivity contribution in [1.82, 2.24) is 5.32 Å². The number of carboxylic acid groups (broad SMARTS) is 1. The van der Waals surface area contributed by atoms with Crippen LogP contribution >= 0.6 is 11.8 Å². The summed E-state index contributed by atoms with van der Waals surface area (Å²) in [6.07, 6.45) is 0.834. The van der Waals surface area contributed by atoms with Crippen LogP contribution in [0.15, 0.2) is 0 Å². The Hall–Kier alpha value is -0.910. The Morgan fingerprint density at radius 1 is 1.35 bits per heavy atom. The Bertz CT molecular complexity index is 292. The molecule has 6 heteroatoms. The van der Waals surface area contributed by atoms with E-state index in [4.69, 9.17) is 9.84 Å². The Balaban J connectivity index is 2.31. The molecule has 1 aliphatic rings. The molecule has 1 rings (SSSR count). The van der Waals surface area contributed by atoms with Crippen molar-refractivity contribution in [3.05, 3.63) is 0 Å². The van der Waals surface area contributed by atoms with Gasteiger partial charge >= 0.3 is 12.1 Å². The van der Waals surface area contributed by atoms with Gasteiger partial charge in [0.2, 0.25) is 0 Å². The molecule has 0 aromatic heterocycles. The molecule has 0 saturated carbocycles. The lowest BCUT2D eigenvalue weighted by Gasteiger charge is -2.28. The Labute approximate surface area is 105 Å². The average molecular weight is 261 g/mol. The van der Waals surface area contributed by atoms with Gasteiger partial charge in [0.25, 0.3) is 0 Å². The molecule has 0 aliphatic carbocycles. The van der Waals surface area contributed by atoms with E-state index in [0.29, 0.717) is 18.6 Å². The van der Waals surface area contributed by atoms with E-state index in [1.807, 2.05) is 20.8 Å². The van der Waals surface area contributed by atoms with Crippen LogP contribution < -0.4 is 5.32 Å². The van der Waals surface area contributed by atoms with Crippen LogP contribution in [0, 0.1) is 0 Å². The maximum atomic E-state index is 11.5. The minimum absolute atomic E-state index is 0.00505. The summed E-state index contributed by atoms with van der Waals surface area (Å²) in [6.45, 7) is 5.42. The summed E-state index contributed by atoms with van der Waals surface area (Å²) in [5.74, 6) is -0.151. The van der Waals surface area contributed by atoms with Gasteiger partial charge in [0.1, 0.15) is 10.9 Å². The van der Waals surface area contributed by atoms with Crippen molar-refractivity contribution in [2.45, 2.75) is 50.5 Å². The predicted octanol–water partition coefficient (Wildman–Crippen LogP) is 1.86. The first-order valence-electron chi connectivity index (χ1n) is 5.62. The molecule has 1 saturated heterocycles. The van der Waals surface area contributed by atoms with Crippen molar-refractivity contribution in [3.63, 3.8) is 0 Å². The molecular formula is C11H19NO4S. The van der Waals surface area contributed by atoms with Crippen molar-refractivity contribution in [2.75, 3.05) is 5.75 Å². The van der Waals surface area contributed by atoms with E-state index in [2.05, 4.69) is 5.32 Å². The molecule has 0 unspecified atom stereocenters. The zero-order valence-corrected chi connectivity index (χ0v) is 11.2. The highest BCUT2D eigenvalue weighted by molar-refractivity contribution is 8.00. The monoisotopic (exact) mass is 261 g/mol. The van der Waals surface area contributed by atoms with E-state index in [1.54, 1.807) is 0 Å². The highest BCUT2D eigenvalue weighted by Crippen LogP contribution is 2.25. The fourth-order valence-corrected chi connectivity index (χ4v) is 2.69. The molecule has 1 aliphatic heterocycles. The highest BCUT2D eigenvalue weighted by atomic mass is 32.2. The van der Waals surface area contributed by atoms with Gasteiger partial charge in [-0.05, 0) is 33.6 Å². The molecule has 2 N–H and O–H groups in total. The molecule has 1 amide bonds. The van der Waals surface area contributed by atoms with E-state index in [0.717, 1.165) is 0 Å². The van der Waals surface area contributed by atoms with Crippen LogP contribution in [0.1, 0.15) is 33.6 Å². The van der Waals surface area contributed by atoms with Crippen LogP contribution in [-0.4, -0.2) is 39.8 Å². The Kier molecular flexibility index (Phi) is 4.68. The summed E-state index contributed by atoms with van der Waals surface area (Å²) >= 11 is 1.37. The molecule has 1 fully saturated rings. The van der Waals surface area contributed by atoms with Gasteiger partial charge in [-0.3, -0.25) is 4.79 Å². The lowest BCUT2D eigenvalue weighted by Crippen LogP contribution is -2.43. The summed E-state index contributed by atoms with van der Waals surface area (Å²) < 4.78 is 5.14. The first-order chi connectivity index (χ1) is 7.78. The Morgan fingerprint density at radius 2 is 2.00 bits per heavy atom. The second-order valence-electron chi connectivity index (χ2n) is 5.08. The van der Waals surface area contributed by atoms with E-state index in [-0.39, 0.29) is 11.3 Å². The summed E-state index contributed by atoms with van der Waals surface area (Å²) in [5.41, 5.74) is -0.504. The third kappa shape index (κ3) is 5.30. The largest absolute Gasteiger partial charge is 0.480 e. The fourth-order valence-electron chi connectivity index (χ4n) is 1.53. The molecule has 0 bridgehead atoms. The number of carbonyl (C=O) groups excluding carboxylic acids is 1. The normalized spacial score (nSPS) is 25.1. The summed E-state index contributed by atoms with van der Waals surface area (Å²) in [5, 5.41) is 11.2. The maximum Gasteiger partial charge on any atom is 0.407 e. The second kappa shape index (κ2) is 5.62. The number of thioether (sulfide) groups is 1. The number of alkyl carbamates (subject to hydrolysis) is 1. The van der Waals surface area contributed by atoms with Crippen molar-refractivity contribution in [1.29, 1.82) is 0 Å². The smallest absolute Gasteiger partial charge is 0.407 e. The number of carboxylic acids is 1. The number of ether oxygens (including phenoxy) is 1. The highest BCUT2D eigenvalue weighted by Gasteiger charge is 2.28. The van der Waals surface area contributed by atoms with Gasteiger partial charge in [0, 0.05) is 11.8 Å². The standard InChI is InChI=1S/C11H19NO4S/c1-11(2,3)16-10(15)12-7-4-5-8(9(13)14)17-6-7/h7-8H,4-6H2,1-3H3,(H,12,15)(H,13,14)/t7-,8+/m0/s1. The molecule has 98 valence electrons. The minimum atomic E-state index is -0.772. The number of carbonyl (C=O) groups is 2. The first-order valence-corrected chi connectivity index (χ1v) is 6.67. The number of aliphatic carboxylic acids is 1. The third-order valence-electron chi connectivity index (χ3n) is 2.27. The van der Waals surface area contributed by atoms with Gasteiger partial charge in [-0.25, -0.2) is 4.79 Å². The number of hydrogen-bond acceptors (Lipinski definition) is 4. The van der Waals surface area contributed by atoms with Gasteiger partial charge in [-0.15, -0.1) is 11.8 Å². The van der Waals surface area contributed by atoms with Crippen LogP contribution in [0.4, 0.5) is 4.79 Å². The van der Waals surface area contributed by atoms with Crippen molar-refractivity contribution < 1.29 is 19.4 Å². The second-order valence-corrected chi connectivity index (χ2v) is 6.32. The average Bonchev–Trinajstić information content (AvgIpc) is 2.15.